The molecular weight excluding hydrogens is 556 g/mol. The van der Waals surface area contributed by atoms with Gasteiger partial charge in [0, 0.05) is 41.7 Å². The Kier molecular flexibility index (Phi) is 7.15. The van der Waals surface area contributed by atoms with Crippen molar-refractivity contribution in [2.45, 2.75) is 94.9 Å². The largest absolute Gasteiger partial charge is 0.493 e. The molecule has 0 radical (unpaired) electrons. The first-order valence-corrected chi connectivity index (χ1v) is 16.2. The van der Waals surface area contributed by atoms with Crippen molar-refractivity contribution in [1.82, 2.24) is 15.5 Å². The number of benzene rings is 2. The van der Waals surface area contributed by atoms with Crippen LogP contribution in [-0.4, -0.2) is 54.1 Å². The normalized spacial score (nSPS) is 32.1. The van der Waals surface area contributed by atoms with Crippen LogP contribution in [0.5, 0.6) is 11.5 Å². The van der Waals surface area contributed by atoms with Gasteiger partial charge < -0.3 is 24.8 Å². The van der Waals surface area contributed by atoms with Crippen LogP contribution < -0.4 is 20.1 Å². The van der Waals surface area contributed by atoms with E-state index in [9.17, 15) is 9.59 Å². The van der Waals surface area contributed by atoms with E-state index in [1.165, 1.54) is 5.56 Å². The first kappa shape index (κ1) is 29.1. The van der Waals surface area contributed by atoms with Crippen molar-refractivity contribution in [3.8, 4) is 11.5 Å². The maximum Gasteiger partial charge on any atom is 0.251 e. The van der Waals surface area contributed by atoms with Gasteiger partial charge in [0.25, 0.3) is 5.91 Å². The van der Waals surface area contributed by atoms with Gasteiger partial charge in [-0.05, 0) is 87.3 Å². The molecule has 2 aromatic rings. The summed E-state index contributed by atoms with van der Waals surface area (Å²) in [5.74, 6) is 2.21. The lowest BCUT2D eigenvalue weighted by Gasteiger charge is -2.48. The number of amides is 2. The molecule has 2 amide bonds. The van der Waals surface area contributed by atoms with Gasteiger partial charge in [-0.25, -0.2) is 0 Å². The maximum atomic E-state index is 14.0. The number of nitrogens with zero attached hydrogens (tertiary/aromatic N) is 1. The number of methoxy groups -OCH3 is 1. The molecule has 5 heterocycles. The highest BCUT2D eigenvalue weighted by Crippen LogP contribution is 2.53. The summed E-state index contributed by atoms with van der Waals surface area (Å²) in [5.41, 5.74) is 2.69. The van der Waals surface area contributed by atoms with E-state index in [1.54, 1.807) is 18.1 Å². The van der Waals surface area contributed by atoms with Gasteiger partial charge in [0.15, 0.2) is 5.96 Å². The molecule has 1 saturated heterocycles. The number of nitrogens with one attached hydrogen (secondary N) is 3. The number of hydrogen-bond donors (Lipinski definition) is 3. The predicted molar refractivity (Wildman–Crippen MR) is 166 cm³/mol. The average molecular weight is 601 g/mol. The summed E-state index contributed by atoms with van der Waals surface area (Å²) in [5, 5.41) is 16.0. The highest BCUT2D eigenvalue weighted by Gasteiger charge is 2.48. The molecular formula is C35H44N4O5. The Morgan fingerprint density at radius 1 is 1.11 bits per heavy atom. The lowest BCUT2D eigenvalue weighted by molar-refractivity contribution is -0.135. The quantitative estimate of drug-likeness (QED) is 0.422. The Hall–Kier alpha value is -3.59. The molecule has 1 saturated carbocycles. The van der Waals surface area contributed by atoms with Gasteiger partial charge in [0.05, 0.1) is 31.7 Å². The highest BCUT2D eigenvalue weighted by molar-refractivity contribution is 6.00. The molecule has 0 aromatic heterocycles. The Morgan fingerprint density at radius 3 is 2.70 bits per heavy atom. The number of carbonyl (C=O) groups excluding carboxylic acids is 2. The van der Waals surface area contributed by atoms with Crippen molar-refractivity contribution < 1.29 is 23.8 Å². The summed E-state index contributed by atoms with van der Waals surface area (Å²) in [7, 11) is 1.63. The molecule has 2 aromatic carbocycles. The van der Waals surface area contributed by atoms with Gasteiger partial charge in [-0.3, -0.25) is 19.9 Å². The van der Waals surface area contributed by atoms with Gasteiger partial charge in [-0.15, -0.1) is 0 Å². The monoisotopic (exact) mass is 600 g/mol. The zero-order chi connectivity index (χ0) is 30.8. The Labute approximate surface area is 259 Å². The van der Waals surface area contributed by atoms with Gasteiger partial charge >= 0.3 is 0 Å². The minimum atomic E-state index is -0.492. The van der Waals surface area contributed by atoms with Crippen LogP contribution in [0.25, 0.3) is 0 Å². The second-order valence-corrected chi connectivity index (χ2v) is 14.2. The Bertz CT molecular complexity index is 1490. The van der Waals surface area contributed by atoms with E-state index in [-0.39, 0.29) is 29.7 Å². The molecule has 3 N–H and O–H groups in total. The molecule has 6 bridgehead atoms. The lowest BCUT2D eigenvalue weighted by atomic mass is 9.82. The molecule has 5 aliphatic heterocycles. The first-order chi connectivity index (χ1) is 21.1. The van der Waals surface area contributed by atoms with Crippen LogP contribution in [0.15, 0.2) is 36.4 Å². The summed E-state index contributed by atoms with van der Waals surface area (Å²) in [6, 6.07) is 11.3. The number of rotatable bonds is 3. The first-order valence-electron chi connectivity index (χ1n) is 16.2. The predicted octanol–water partition coefficient (Wildman–Crippen LogP) is 5.61. The third kappa shape index (κ3) is 5.13. The van der Waals surface area contributed by atoms with Crippen molar-refractivity contribution >= 4 is 17.8 Å². The molecule has 44 heavy (non-hydrogen) atoms. The number of ether oxygens (including phenoxy) is 3. The summed E-state index contributed by atoms with van der Waals surface area (Å²) >= 11 is 0. The van der Waals surface area contributed by atoms with E-state index in [1.807, 2.05) is 12.1 Å². The second kappa shape index (κ2) is 10.8. The fourth-order valence-electron chi connectivity index (χ4n) is 8.14. The molecule has 8 rings (SSSR count). The SMILES string of the molecule is CCC12CCCC3CC3c3ccc4c(c3)[C@H](CC(C)(C)O4)NC(=O)c3ccc4c(c3)[C@@H]([C@H](COC)CO4)N(C(=N)N1)C(=O)C2. The van der Waals surface area contributed by atoms with Crippen LogP contribution in [-0.2, 0) is 9.53 Å². The van der Waals surface area contributed by atoms with E-state index in [0.717, 1.165) is 49.0 Å². The molecule has 234 valence electrons. The van der Waals surface area contributed by atoms with Crippen LogP contribution >= 0.6 is 0 Å². The van der Waals surface area contributed by atoms with Crippen LogP contribution in [0.4, 0.5) is 0 Å². The molecule has 0 spiro atoms. The van der Waals surface area contributed by atoms with Crippen molar-refractivity contribution in [3.05, 3.63) is 58.7 Å². The Morgan fingerprint density at radius 2 is 1.93 bits per heavy atom. The van der Waals surface area contributed by atoms with Crippen LogP contribution in [0.3, 0.4) is 0 Å². The molecule has 6 atom stereocenters. The van der Waals surface area contributed by atoms with Gasteiger partial charge in [0.2, 0.25) is 5.91 Å². The number of carbonyl (C=O) groups is 2. The fraction of sp³-hybridized carbons (Fsp3) is 0.571. The number of hydrogen-bond acceptors (Lipinski definition) is 6. The second-order valence-electron chi connectivity index (χ2n) is 14.2. The number of guanidine groups is 1. The highest BCUT2D eigenvalue weighted by atomic mass is 16.5. The molecule has 6 aliphatic rings. The van der Waals surface area contributed by atoms with Crippen molar-refractivity contribution in [1.29, 1.82) is 5.41 Å². The van der Waals surface area contributed by atoms with Gasteiger partial charge in [-0.1, -0.05) is 19.4 Å². The van der Waals surface area contributed by atoms with E-state index >= 15 is 0 Å². The van der Waals surface area contributed by atoms with Crippen LogP contribution in [0.1, 0.15) is 111 Å². The maximum absolute atomic E-state index is 14.0. The third-order valence-corrected chi connectivity index (χ3v) is 10.6. The zero-order valence-electron chi connectivity index (χ0n) is 26.2. The van der Waals surface area contributed by atoms with Crippen LogP contribution in [0, 0.1) is 17.2 Å². The third-order valence-electron chi connectivity index (χ3n) is 10.6. The van der Waals surface area contributed by atoms with Gasteiger partial charge in [-0.2, -0.15) is 0 Å². The molecule has 2 fully saturated rings. The van der Waals surface area contributed by atoms with E-state index in [2.05, 4.69) is 49.6 Å². The summed E-state index contributed by atoms with van der Waals surface area (Å²) < 4.78 is 18.1. The van der Waals surface area contributed by atoms with E-state index < -0.39 is 17.2 Å². The standard InChI is InChI=1S/C35H44N4O5/c1-5-35-12-6-7-20-13-24(20)21-8-11-29-25(14-21)27(16-34(2,3)44-29)37-32(41)22-9-10-28-26(15-22)31(23(18-42-4)19-43-28)39(30(40)17-35)33(36)38-35/h8-11,14-15,20,23-24,27,31H,5-7,12-13,16-19H2,1-4H3,(H2,36,38)(H,37,41)/t20?,23-,24?,27+,31-,35?/m1/s1. The fourth-order valence-corrected chi connectivity index (χ4v) is 8.14. The topological polar surface area (TPSA) is 113 Å². The van der Waals surface area contributed by atoms with Crippen molar-refractivity contribution in [2.75, 3.05) is 20.3 Å². The zero-order valence-corrected chi connectivity index (χ0v) is 26.2. The average Bonchev–Trinajstić information content (AvgIpc) is 3.76. The lowest BCUT2D eigenvalue weighted by Crippen LogP contribution is -2.64. The van der Waals surface area contributed by atoms with Gasteiger partial charge in [0.1, 0.15) is 17.1 Å². The van der Waals surface area contributed by atoms with Crippen molar-refractivity contribution in [2.24, 2.45) is 11.8 Å². The van der Waals surface area contributed by atoms with E-state index in [4.69, 9.17) is 19.6 Å². The number of fused-ring (bicyclic) bond motifs is 5. The molecule has 9 nitrogen and oxygen atoms in total. The minimum Gasteiger partial charge on any atom is -0.493 e. The molecule has 1 aliphatic carbocycles. The van der Waals surface area contributed by atoms with E-state index in [0.29, 0.717) is 49.2 Å². The minimum absolute atomic E-state index is 0.0698. The molecule has 3 unspecified atom stereocenters. The smallest absolute Gasteiger partial charge is 0.251 e. The summed E-state index contributed by atoms with van der Waals surface area (Å²) in [4.78, 5) is 29.6. The summed E-state index contributed by atoms with van der Waals surface area (Å²) in [6.45, 7) is 6.93. The Balaban J connectivity index is 1.31. The summed E-state index contributed by atoms with van der Waals surface area (Å²) in [6.07, 6.45) is 5.83. The van der Waals surface area contributed by atoms with Crippen LogP contribution in [0.2, 0.25) is 0 Å². The molecule has 9 heteroatoms. The van der Waals surface area contributed by atoms with Crippen molar-refractivity contribution in [3.63, 3.8) is 0 Å².